The van der Waals surface area contributed by atoms with Crippen LogP contribution in [0.15, 0.2) is 24.3 Å². The van der Waals surface area contributed by atoms with Gasteiger partial charge in [0.25, 0.3) is 5.91 Å². The Hall–Kier alpha value is -1.87. The van der Waals surface area contributed by atoms with Crippen molar-refractivity contribution >= 4 is 5.91 Å². The fourth-order valence-electron chi connectivity index (χ4n) is 3.93. The van der Waals surface area contributed by atoms with Crippen LogP contribution in [0.5, 0.6) is 11.5 Å². The minimum atomic E-state index is -0.589. The predicted molar refractivity (Wildman–Crippen MR) is 103 cm³/mol. The molecule has 0 aromatic heterocycles. The van der Waals surface area contributed by atoms with Gasteiger partial charge in [-0.3, -0.25) is 14.6 Å². The third-order valence-electron chi connectivity index (χ3n) is 5.51. The summed E-state index contributed by atoms with van der Waals surface area (Å²) in [6.07, 6.45) is -0.972. The van der Waals surface area contributed by atoms with Crippen molar-refractivity contribution in [2.45, 2.75) is 12.2 Å². The number of hydrogen-bond acceptors (Lipinski definition) is 7. The summed E-state index contributed by atoms with van der Waals surface area (Å²) in [7, 11) is 0. The molecule has 2 unspecified atom stereocenters. The zero-order chi connectivity index (χ0) is 19.3. The molecular weight excluding hydrogens is 362 g/mol. The quantitative estimate of drug-likeness (QED) is 0.736. The first-order valence-corrected chi connectivity index (χ1v) is 10.1. The summed E-state index contributed by atoms with van der Waals surface area (Å²) in [5.41, 5.74) is 0. The summed E-state index contributed by atoms with van der Waals surface area (Å²) >= 11 is 0. The average molecular weight is 391 g/mol. The van der Waals surface area contributed by atoms with Crippen LogP contribution in [0.25, 0.3) is 0 Å². The van der Waals surface area contributed by atoms with Gasteiger partial charge in [-0.25, -0.2) is 0 Å². The van der Waals surface area contributed by atoms with Gasteiger partial charge in [0.2, 0.25) is 6.10 Å². The van der Waals surface area contributed by atoms with Gasteiger partial charge in [0, 0.05) is 52.4 Å². The molecule has 8 heteroatoms. The van der Waals surface area contributed by atoms with Gasteiger partial charge in [-0.2, -0.15) is 0 Å². The van der Waals surface area contributed by atoms with E-state index < -0.39 is 6.10 Å². The van der Waals surface area contributed by atoms with Crippen molar-refractivity contribution in [1.82, 2.24) is 14.7 Å². The van der Waals surface area contributed by atoms with Crippen LogP contribution in [-0.4, -0.2) is 110 Å². The van der Waals surface area contributed by atoms with Crippen molar-refractivity contribution in [3.05, 3.63) is 24.3 Å². The molecule has 0 aliphatic carbocycles. The Balaban J connectivity index is 1.21. The minimum absolute atomic E-state index is 0.0250. The number of hydrogen-bond donors (Lipinski definition) is 1. The maximum absolute atomic E-state index is 12.8. The number of β-amino-alcohol motifs (C(OH)–C–C–N with tert-alkyl or cyclic N) is 1. The fraction of sp³-hybridized carbons (Fsp3) is 0.650. The largest absolute Gasteiger partial charge is 0.485 e. The topological polar surface area (TPSA) is 74.7 Å². The van der Waals surface area contributed by atoms with Crippen LogP contribution in [0.1, 0.15) is 0 Å². The molecule has 0 saturated carbocycles. The van der Waals surface area contributed by atoms with Crippen molar-refractivity contribution in [3.8, 4) is 11.5 Å². The van der Waals surface area contributed by atoms with Crippen molar-refractivity contribution in [2.75, 3.05) is 72.2 Å². The van der Waals surface area contributed by atoms with Crippen molar-refractivity contribution < 1.29 is 24.1 Å². The number of piperazine rings is 1. The van der Waals surface area contributed by atoms with Gasteiger partial charge in [-0.15, -0.1) is 0 Å². The molecule has 1 amide bonds. The molecule has 2 fully saturated rings. The first-order chi connectivity index (χ1) is 13.7. The lowest BCUT2D eigenvalue weighted by atomic mass is 10.2. The fourth-order valence-corrected chi connectivity index (χ4v) is 3.93. The van der Waals surface area contributed by atoms with Crippen molar-refractivity contribution in [3.63, 3.8) is 0 Å². The molecule has 3 aliphatic rings. The molecule has 2 atom stereocenters. The standard InChI is InChI=1S/C20H29N3O5/c24-16(14-22-9-11-26-12-10-22)13-21-5-7-23(8-6-21)20(25)19-15-27-17-3-1-2-4-18(17)28-19/h1-4,16,19,24H,5-15H2. The predicted octanol–water partition coefficient (Wildman–Crippen LogP) is -0.336. The molecular formula is C20H29N3O5. The lowest BCUT2D eigenvalue weighted by Crippen LogP contribution is -2.55. The van der Waals surface area contributed by atoms with Gasteiger partial charge in [-0.1, -0.05) is 12.1 Å². The third kappa shape index (κ3) is 4.75. The van der Waals surface area contributed by atoms with E-state index in [2.05, 4.69) is 9.80 Å². The van der Waals surface area contributed by atoms with Gasteiger partial charge in [-0.05, 0) is 12.1 Å². The highest BCUT2D eigenvalue weighted by molar-refractivity contribution is 5.82. The first-order valence-electron chi connectivity index (χ1n) is 10.1. The van der Waals surface area contributed by atoms with Gasteiger partial charge >= 0.3 is 0 Å². The van der Waals surface area contributed by atoms with E-state index in [0.29, 0.717) is 37.7 Å². The zero-order valence-corrected chi connectivity index (χ0v) is 16.2. The van der Waals surface area contributed by atoms with E-state index in [-0.39, 0.29) is 18.6 Å². The van der Waals surface area contributed by atoms with Crippen LogP contribution in [0.4, 0.5) is 0 Å². The summed E-state index contributed by atoms with van der Waals surface area (Å²) in [5.74, 6) is 1.28. The molecule has 2 saturated heterocycles. The number of aliphatic hydroxyl groups is 1. The summed E-state index contributed by atoms with van der Waals surface area (Å²) in [6.45, 7) is 7.61. The molecule has 28 heavy (non-hydrogen) atoms. The second-order valence-corrected chi connectivity index (χ2v) is 7.56. The zero-order valence-electron chi connectivity index (χ0n) is 16.2. The van der Waals surface area contributed by atoms with E-state index in [9.17, 15) is 9.90 Å². The van der Waals surface area contributed by atoms with Crippen LogP contribution in [0.2, 0.25) is 0 Å². The molecule has 0 bridgehead atoms. The van der Waals surface area contributed by atoms with E-state index in [1.807, 2.05) is 29.2 Å². The number of carbonyl (C=O) groups excluding carboxylic acids is 1. The number of nitrogens with zero attached hydrogens (tertiary/aromatic N) is 3. The van der Waals surface area contributed by atoms with Gasteiger partial charge in [0.05, 0.1) is 19.3 Å². The third-order valence-corrected chi connectivity index (χ3v) is 5.51. The van der Waals surface area contributed by atoms with Crippen LogP contribution in [0.3, 0.4) is 0 Å². The van der Waals surface area contributed by atoms with E-state index in [4.69, 9.17) is 14.2 Å². The van der Waals surface area contributed by atoms with E-state index in [0.717, 1.165) is 39.4 Å². The number of amides is 1. The van der Waals surface area contributed by atoms with Crippen LogP contribution in [-0.2, 0) is 9.53 Å². The van der Waals surface area contributed by atoms with Gasteiger partial charge in [0.15, 0.2) is 11.5 Å². The molecule has 0 radical (unpaired) electrons. The van der Waals surface area contributed by atoms with Gasteiger partial charge < -0.3 is 24.2 Å². The molecule has 3 aliphatic heterocycles. The molecule has 3 heterocycles. The Morgan fingerprint density at radius 1 is 1.00 bits per heavy atom. The summed E-state index contributed by atoms with van der Waals surface area (Å²) in [4.78, 5) is 19.1. The lowest BCUT2D eigenvalue weighted by Gasteiger charge is -2.38. The molecule has 1 aromatic carbocycles. The van der Waals surface area contributed by atoms with E-state index in [1.54, 1.807) is 0 Å². The Kier molecular flexibility index (Phi) is 6.31. The number of rotatable bonds is 5. The summed E-state index contributed by atoms with van der Waals surface area (Å²) in [6, 6.07) is 7.42. The first kappa shape index (κ1) is 19.4. The number of ether oxygens (including phenoxy) is 3. The average Bonchev–Trinajstić information content (AvgIpc) is 2.74. The Morgan fingerprint density at radius 2 is 1.64 bits per heavy atom. The second-order valence-electron chi connectivity index (χ2n) is 7.56. The van der Waals surface area contributed by atoms with Crippen LogP contribution >= 0.6 is 0 Å². The number of aliphatic hydroxyl groups excluding tert-OH is 1. The number of morpholine rings is 1. The molecule has 154 valence electrons. The smallest absolute Gasteiger partial charge is 0.267 e. The van der Waals surface area contributed by atoms with Crippen LogP contribution < -0.4 is 9.47 Å². The summed E-state index contributed by atoms with van der Waals surface area (Å²) < 4.78 is 16.8. The highest BCUT2D eigenvalue weighted by atomic mass is 16.6. The van der Waals surface area contributed by atoms with E-state index in [1.165, 1.54) is 0 Å². The number of carbonyl (C=O) groups is 1. The molecule has 4 rings (SSSR count). The Labute approximate surface area is 165 Å². The van der Waals surface area contributed by atoms with Gasteiger partial charge in [0.1, 0.15) is 6.61 Å². The second kappa shape index (κ2) is 9.09. The Morgan fingerprint density at radius 3 is 2.36 bits per heavy atom. The monoisotopic (exact) mass is 391 g/mol. The maximum Gasteiger partial charge on any atom is 0.267 e. The number of benzene rings is 1. The highest BCUT2D eigenvalue weighted by Crippen LogP contribution is 2.31. The summed E-state index contributed by atoms with van der Waals surface area (Å²) in [5, 5.41) is 10.4. The SMILES string of the molecule is O=C(C1COc2ccccc2O1)N1CCN(CC(O)CN2CCOCC2)CC1. The lowest BCUT2D eigenvalue weighted by molar-refractivity contribution is -0.143. The molecule has 8 nitrogen and oxygen atoms in total. The number of para-hydroxylation sites is 2. The van der Waals surface area contributed by atoms with Crippen molar-refractivity contribution in [2.24, 2.45) is 0 Å². The van der Waals surface area contributed by atoms with E-state index >= 15 is 0 Å². The highest BCUT2D eigenvalue weighted by Gasteiger charge is 2.33. The minimum Gasteiger partial charge on any atom is -0.485 e. The molecule has 1 aromatic rings. The van der Waals surface area contributed by atoms with Crippen LogP contribution in [0, 0.1) is 0 Å². The maximum atomic E-state index is 12.8. The normalized spacial score (nSPS) is 24.8. The molecule has 1 N–H and O–H groups in total. The molecule has 0 spiro atoms. The van der Waals surface area contributed by atoms with Crippen molar-refractivity contribution in [1.29, 1.82) is 0 Å². The Bertz CT molecular complexity index is 659. The number of fused-ring (bicyclic) bond motifs is 1.